The monoisotopic (exact) mass is 292 g/mol. The zero-order valence-electron chi connectivity index (χ0n) is 12.5. The van der Waals surface area contributed by atoms with Crippen molar-refractivity contribution in [3.63, 3.8) is 0 Å². The first-order valence-electron chi connectivity index (χ1n) is 7.53. The standard InChI is InChI=1S/C16H21FN2O2/c1-3-19-14(11-6-7-13(21-2)12(17)10-11)18-16(15(19)20)8-4-5-9-16/h6-7,10,14,18H,3-5,8-9H2,1-2H3. The minimum atomic E-state index is -0.433. The van der Waals surface area contributed by atoms with Crippen molar-refractivity contribution >= 4 is 5.91 Å². The third-order valence-corrected chi connectivity index (χ3v) is 4.68. The Hall–Kier alpha value is -1.62. The second kappa shape index (κ2) is 5.30. The highest BCUT2D eigenvalue weighted by Crippen LogP contribution is 2.41. The van der Waals surface area contributed by atoms with Crippen LogP contribution in [0.15, 0.2) is 18.2 Å². The van der Waals surface area contributed by atoms with Gasteiger partial charge >= 0.3 is 0 Å². The third-order valence-electron chi connectivity index (χ3n) is 4.68. The van der Waals surface area contributed by atoms with E-state index in [0.29, 0.717) is 6.54 Å². The van der Waals surface area contributed by atoms with Gasteiger partial charge in [0.2, 0.25) is 5.91 Å². The number of hydrogen-bond donors (Lipinski definition) is 1. The molecule has 0 aromatic heterocycles. The van der Waals surface area contributed by atoms with E-state index in [2.05, 4.69) is 5.32 Å². The van der Waals surface area contributed by atoms with Gasteiger partial charge in [-0.25, -0.2) is 4.39 Å². The minimum Gasteiger partial charge on any atom is -0.494 e. The predicted molar refractivity (Wildman–Crippen MR) is 77.4 cm³/mol. The van der Waals surface area contributed by atoms with E-state index in [0.717, 1.165) is 31.2 Å². The molecule has 0 radical (unpaired) electrons. The maximum atomic E-state index is 13.9. The summed E-state index contributed by atoms with van der Waals surface area (Å²) in [7, 11) is 1.45. The van der Waals surface area contributed by atoms with Crippen LogP contribution in [0.3, 0.4) is 0 Å². The molecule has 2 fully saturated rings. The molecule has 1 spiro atoms. The van der Waals surface area contributed by atoms with E-state index in [1.165, 1.54) is 13.2 Å². The van der Waals surface area contributed by atoms with Gasteiger partial charge in [-0.05, 0) is 37.5 Å². The summed E-state index contributed by atoms with van der Waals surface area (Å²) in [5.41, 5.74) is 0.337. The Morgan fingerprint density at radius 3 is 2.71 bits per heavy atom. The van der Waals surface area contributed by atoms with Crippen molar-refractivity contribution in [2.75, 3.05) is 13.7 Å². The summed E-state index contributed by atoms with van der Waals surface area (Å²) in [6.07, 6.45) is 3.63. The molecule has 1 heterocycles. The van der Waals surface area contributed by atoms with Gasteiger partial charge in [0.25, 0.3) is 0 Å². The van der Waals surface area contributed by atoms with Crippen molar-refractivity contribution in [1.29, 1.82) is 0 Å². The zero-order chi connectivity index (χ0) is 15.0. The highest BCUT2D eigenvalue weighted by molar-refractivity contribution is 5.89. The lowest BCUT2D eigenvalue weighted by Gasteiger charge is -2.23. The Morgan fingerprint density at radius 2 is 2.14 bits per heavy atom. The maximum absolute atomic E-state index is 13.9. The van der Waals surface area contributed by atoms with Gasteiger partial charge in [0.1, 0.15) is 6.17 Å². The summed E-state index contributed by atoms with van der Waals surface area (Å²) < 4.78 is 18.9. The number of carbonyl (C=O) groups is 1. The first-order valence-corrected chi connectivity index (χ1v) is 7.53. The smallest absolute Gasteiger partial charge is 0.244 e. The van der Waals surface area contributed by atoms with Crippen molar-refractivity contribution in [3.8, 4) is 5.75 Å². The van der Waals surface area contributed by atoms with E-state index >= 15 is 0 Å². The molecule has 1 saturated carbocycles. The number of ether oxygens (including phenoxy) is 1. The lowest BCUT2D eigenvalue weighted by Crippen LogP contribution is -2.44. The summed E-state index contributed by atoms with van der Waals surface area (Å²) in [5.74, 6) is -0.0156. The molecule has 1 saturated heterocycles. The van der Waals surface area contributed by atoms with Crippen molar-refractivity contribution in [3.05, 3.63) is 29.6 Å². The van der Waals surface area contributed by atoms with Crippen LogP contribution in [-0.4, -0.2) is 30.0 Å². The lowest BCUT2D eigenvalue weighted by molar-refractivity contribution is -0.133. The SMILES string of the molecule is CCN1C(=O)C2(CCCC2)NC1c1ccc(OC)c(F)c1. The van der Waals surface area contributed by atoms with E-state index in [1.807, 2.05) is 17.9 Å². The molecule has 1 N–H and O–H groups in total. The maximum Gasteiger partial charge on any atom is 0.244 e. The lowest BCUT2D eigenvalue weighted by atomic mass is 9.98. The molecular weight excluding hydrogens is 271 g/mol. The number of nitrogens with zero attached hydrogens (tertiary/aromatic N) is 1. The molecule has 1 aromatic rings. The van der Waals surface area contributed by atoms with Crippen LogP contribution in [0.1, 0.15) is 44.3 Å². The van der Waals surface area contributed by atoms with Crippen LogP contribution in [-0.2, 0) is 4.79 Å². The molecule has 21 heavy (non-hydrogen) atoms. The highest BCUT2D eigenvalue weighted by atomic mass is 19.1. The predicted octanol–water partition coefficient (Wildman–Crippen LogP) is 2.60. The van der Waals surface area contributed by atoms with Crippen LogP contribution in [0.5, 0.6) is 5.75 Å². The molecule has 5 heteroatoms. The van der Waals surface area contributed by atoms with E-state index in [1.54, 1.807) is 6.07 Å². The Kier molecular flexibility index (Phi) is 3.61. The first-order chi connectivity index (χ1) is 10.1. The Morgan fingerprint density at radius 1 is 1.43 bits per heavy atom. The van der Waals surface area contributed by atoms with E-state index < -0.39 is 11.4 Å². The number of halogens is 1. The summed E-state index contributed by atoms with van der Waals surface area (Å²) in [6, 6.07) is 4.90. The second-order valence-corrected chi connectivity index (χ2v) is 5.82. The van der Waals surface area contributed by atoms with Crippen LogP contribution in [0.4, 0.5) is 4.39 Å². The fourth-order valence-electron chi connectivity index (χ4n) is 3.57. The highest BCUT2D eigenvalue weighted by Gasteiger charge is 2.52. The van der Waals surface area contributed by atoms with Crippen molar-refractivity contribution in [2.24, 2.45) is 0 Å². The molecule has 1 aliphatic heterocycles. The van der Waals surface area contributed by atoms with Gasteiger partial charge in [-0.3, -0.25) is 10.1 Å². The Labute approximate surface area is 124 Å². The number of carbonyl (C=O) groups excluding carboxylic acids is 1. The quantitative estimate of drug-likeness (QED) is 0.931. The van der Waals surface area contributed by atoms with Gasteiger partial charge in [-0.1, -0.05) is 18.9 Å². The van der Waals surface area contributed by atoms with Gasteiger partial charge in [0.15, 0.2) is 11.6 Å². The Balaban J connectivity index is 1.94. The number of likely N-dealkylation sites (N-methyl/N-ethyl adjacent to an activating group) is 1. The van der Waals surface area contributed by atoms with Gasteiger partial charge < -0.3 is 9.64 Å². The zero-order valence-corrected chi connectivity index (χ0v) is 12.5. The van der Waals surface area contributed by atoms with Gasteiger partial charge in [-0.2, -0.15) is 0 Å². The van der Waals surface area contributed by atoms with Crippen LogP contribution in [0.2, 0.25) is 0 Å². The fraction of sp³-hybridized carbons (Fsp3) is 0.562. The van der Waals surface area contributed by atoms with Crippen LogP contribution < -0.4 is 10.1 Å². The average molecular weight is 292 g/mol. The number of hydrogen-bond acceptors (Lipinski definition) is 3. The van der Waals surface area contributed by atoms with Crippen molar-refractivity contribution in [2.45, 2.75) is 44.3 Å². The van der Waals surface area contributed by atoms with Gasteiger partial charge in [0.05, 0.1) is 12.6 Å². The normalized spacial score (nSPS) is 24.0. The molecule has 2 aliphatic rings. The number of nitrogens with one attached hydrogen (secondary N) is 1. The van der Waals surface area contributed by atoms with Crippen LogP contribution in [0, 0.1) is 5.82 Å². The summed E-state index contributed by atoms with van der Waals surface area (Å²) in [5, 5.41) is 3.47. The fourth-order valence-corrected chi connectivity index (χ4v) is 3.57. The number of benzene rings is 1. The number of methoxy groups -OCH3 is 1. The van der Waals surface area contributed by atoms with E-state index in [4.69, 9.17) is 4.74 Å². The largest absolute Gasteiger partial charge is 0.494 e. The molecule has 0 bridgehead atoms. The summed E-state index contributed by atoms with van der Waals surface area (Å²) in [4.78, 5) is 14.5. The van der Waals surface area contributed by atoms with Gasteiger partial charge in [-0.15, -0.1) is 0 Å². The molecule has 1 atom stereocenters. The second-order valence-electron chi connectivity index (χ2n) is 5.82. The summed E-state index contributed by atoms with van der Waals surface area (Å²) >= 11 is 0. The van der Waals surface area contributed by atoms with Crippen LogP contribution >= 0.6 is 0 Å². The Bertz CT molecular complexity index is 555. The van der Waals surface area contributed by atoms with E-state index in [-0.39, 0.29) is 17.8 Å². The number of amides is 1. The average Bonchev–Trinajstić information content (AvgIpc) is 3.06. The molecule has 3 rings (SSSR count). The molecule has 114 valence electrons. The van der Waals surface area contributed by atoms with Gasteiger partial charge in [0, 0.05) is 6.54 Å². The molecule has 1 amide bonds. The molecule has 1 aromatic carbocycles. The molecule has 1 unspecified atom stereocenters. The number of rotatable bonds is 3. The topological polar surface area (TPSA) is 41.6 Å². The van der Waals surface area contributed by atoms with Crippen molar-refractivity contribution < 1.29 is 13.9 Å². The molecular formula is C16H21FN2O2. The molecule has 4 nitrogen and oxygen atoms in total. The minimum absolute atomic E-state index is 0.156. The van der Waals surface area contributed by atoms with E-state index in [9.17, 15) is 9.18 Å². The first kappa shape index (κ1) is 14.3. The third kappa shape index (κ3) is 2.20. The summed E-state index contributed by atoms with van der Waals surface area (Å²) in [6.45, 7) is 2.58. The van der Waals surface area contributed by atoms with Crippen LogP contribution in [0.25, 0.3) is 0 Å². The molecule has 1 aliphatic carbocycles. The van der Waals surface area contributed by atoms with Crippen molar-refractivity contribution in [1.82, 2.24) is 10.2 Å².